The van der Waals surface area contributed by atoms with E-state index in [0.717, 1.165) is 11.3 Å². The standard InChI is InChI=1S/C19H18F2N6O3/c1-3-27(10-16(22)28)17(12-6-7-23-11(2)8-12)25-18(26-27)24-13-4-5-14-15(9-13)30-19(20,21)29-14/h4-9H,3,10H2,1-2H3,(H2-,22,24,26,28)/p+1. The van der Waals surface area contributed by atoms with Gasteiger partial charge < -0.3 is 20.5 Å². The molecule has 2 aromatic rings. The molecule has 0 saturated heterocycles. The van der Waals surface area contributed by atoms with Crippen LogP contribution in [0.5, 0.6) is 11.5 Å². The fourth-order valence-corrected chi connectivity index (χ4v) is 3.34. The van der Waals surface area contributed by atoms with Gasteiger partial charge in [-0.2, -0.15) is 4.99 Å². The van der Waals surface area contributed by atoms with Gasteiger partial charge >= 0.3 is 6.29 Å². The fourth-order valence-electron chi connectivity index (χ4n) is 3.34. The second-order valence-electron chi connectivity index (χ2n) is 6.86. The van der Waals surface area contributed by atoms with Crippen molar-refractivity contribution in [2.45, 2.75) is 20.1 Å². The van der Waals surface area contributed by atoms with Crippen molar-refractivity contribution in [2.24, 2.45) is 15.8 Å². The summed E-state index contributed by atoms with van der Waals surface area (Å²) in [5.74, 6) is 0.0177. The summed E-state index contributed by atoms with van der Waals surface area (Å²) in [6.45, 7) is 4.04. The number of amides is 1. The molecular formula is C19H19F2N6O3+. The Bertz CT molecular complexity index is 1090. The van der Waals surface area contributed by atoms with Crippen LogP contribution in [0.4, 0.5) is 14.5 Å². The molecule has 0 bridgehead atoms. The number of aryl methyl sites for hydroxylation is 1. The maximum Gasteiger partial charge on any atom is 0.586 e. The molecule has 2 aliphatic rings. The van der Waals surface area contributed by atoms with Gasteiger partial charge in [-0.15, -0.1) is 13.4 Å². The third kappa shape index (κ3) is 3.66. The van der Waals surface area contributed by atoms with Gasteiger partial charge in [0.1, 0.15) is 6.54 Å². The van der Waals surface area contributed by atoms with Crippen molar-refractivity contribution in [3.8, 4) is 11.5 Å². The van der Waals surface area contributed by atoms with Gasteiger partial charge in [-0.1, -0.05) is 0 Å². The monoisotopic (exact) mass is 417 g/mol. The van der Waals surface area contributed by atoms with E-state index in [4.69, 9.17) is 5.73 Å². The molecule has 9 nitrogen and oxygen atoms in total. The second kappa shape index (κ2) is 7.02. The number of benzene rings is 1. The van der Waals surface area contributed by atoms with Crippen molar-refractivity contribution >= 4 is 23.4 Å². The van der Waals surface area contributed by atoms with Gasteiger partial charge in [0.2, 0.25) is 0 Å². The number of primary amides is 1. The molecule has 1 unspecified atom stereocenters. The molecule has 1 aromatic heterocycles. The number of fused-ring (bicyclic) bond motifs is 1. The zero-order valence-electron chi connectivity index (χ0n) is 16.2. The minimum atomic E-state index is -3.70. The highest BCUT2D eigenvalue weighted by molar-refractivity contribution is 6.09. The first-order valence-corrected chi connectivity index (χ1v) is 9.14. The van der Waals surface area contributed by atoms with Crippen LogP contribution in [0.1, 0.15) is 18.2 Å². The maximum absolute atomic E-state index is 13.3. The SMILES string of the molecule is CC[N+]1(CC(N)=O)N=C(Nc2ccc3c(c2)OC(F)(F)O3)N=C1c1ccnc(C)c1. The number of ether oxygens (including phenoxy) is 2. The van der Waals surface area contributed by atoms with Crippen molar-refractivity contribution < 1.29 is 27.6 Å². The Kier molecular flexibility index (Phi) is 4.61. The minimum absolute atomic E-state index is 0.0669. The lowest BCUT2D eigenvalue weighted by molar-refractivity contribution is -0.835. The predicted octanol–water partition coefficient (Wildman–Crippen LogP) is 2.18. The van der Waals surface area contributed by atoms with Crippen molar-refractivity contribution in [3.63, 3.8) is 0 Å². The van der Waals surface area contributed by atoms with E-state index in [9.17, 15) is 13.6 Å². The first kappa shape index (κ1) is 19.7. The lowest BCUT2D eigenvalue weighted by Gasteiger charge is -2.26. The van der Waals surface area contributed by atoms with Crippen LogP contribution in [-0.4, -0.2) is 46.7 Å². The molecule has 4 rings (SSSR count). The Balaban J connectivity index is 1.69. The number of nitrogens with zero attached hydrogens (tertiary/aromatic N) is 4. The van der Waals surface area contributed by atoms with Crippen LogP contribution in [0.3, 0.4) is 0 Å². The van der Waals surface area contributed by atoms with Gasteiger partial charge in [-0.3, -0.25) is 9.78 Å². The fraction of sp³-hybridized carbons (Fsp3) is 0.263. The van der Waals surface area contributed by atoms with E-state index in [1.54, 1.807) is 12.3 Å². The maximum atomic E-state index is 13.3. The summed E-state index contributed by atoms with van der Waals surface area (Å²) >= 11 is 0. The second-order valence-corrected chi connectivity index (χ2v) is 6.86. The number of halogens is 2. The molecule has 3 N–H and O–H groups in total. The van der Waals surface area contributed by atoms with E-state index < -0.39 is 12.2 Å². The zero-order valence-corrected chi connectivity index (χ0v) is 16.2. The number of aromatic nitrogens is 1. The lowest BCUT2D eigenvalue weighted by Crippen LogP contribution is -2.51. The highest BCUT2D eigenvalue weighted by Crippen LogP contribution is 2.42. The van der Waals surface area contributed by atoms with Gasteiger partial charge in [0.25, 0.3) is 17.7 Å². The summed E-state index contributed by atoms with van der Waals surface area (Å²) in [5, 5.41) is 7.55. The number of likely N-dealkylation sites (N-methyl/N-ethyl adjacent to an activating group) is 1. The lowest BCUT2D eigenvalue weighted by atomic mass is 10.2. The molecule has 3 heterocycles. The van der Waals surface area contributed by atoms with E-state index >= 15 is 0 Å². The quantitative estimate of drug-likeness (QED) is 0.725. The van der Waals surface area contributed by atoms with Crippen LogP contribution in [0.25, 0.3) is 0 Å². The smallest absolute Gasteiger partial charge is 0.395 e. The molecular weight excluding hydrogens is 398 g/mol. The molecule has 2 aliphatic heterocycles. The highest BCUT2D eigenvalue weighted by atomic mass is 19.3. The number of quaternary nitrogens is 1. The molecule has 0 saturated carbocycles. The Labute approximate surface area is 170 Å². The number of carbonyl (C=O) groups is 1. The van der Waals surface area contributed by atoms with E-state index in [2.05, 4.69) is 29.9 Å². The number of guanidine groups is 1. The van der Waals surface area contributed by atoms with Crippen molar-refractivity contribution in [3.05, 3.63) is 47.8 Å². The first-order chi connectivity index (χ1) is 14.2. The normalized spacial score (nSPS) is 21.2. The molecule has 1 amide bonds. The minimum Gasteiger partial charge on any atom is -0.395 e. The Hall–Kier alpha value is -3.60. The van der Waals surface area contributed by atoms with Gasteiger partial charge in [0, 0.05) is 23.6 Å². The van der Waals surface area contributed by atoms with Gasteiger partial charge in [-0.05, 0) is 43.2 Å². The molecule has 30 heavy (non-hydrogen) atoms. The molecule has 0 spiro atoms. The number of amidine groups is 1. The predicted molar refractivity (Wildman–Crippen MR) is 104 cm³/mol. The molecule has 156 valence electrons. The number of pyridine rings is 1. The van der Waals surface area contributed by atoms with Crippen LogP contribution < -0.4 is 20.5 Å². The van der Waals surface area contributed by atoms with Crippen LogP contribution >= 0.6 is 0 Å². The molecule has 1 aromatic carbocycles. The number of rotatable bonds is 5. The summed E-state index contributed by atoms with van der Waals surface area (Å²) in [4.78, 5) is 20.5. The summed E-state index contributed by atoms with van der Waals surface area (Å²) in [6.07, 6.45) is -2.06. The van der Waals surface area contributed by atoms with E-state index in [0.29, 0.717) is 18.1 Å². The Morgan fingerprint density at radius 1 is 1.23 bits per heavy atom. The number of anilines is 1. The first-order valence-electron chi connectivity index (χ1n) is 9.14. The molecule has 0 radical (unpaired) electrons. The average molecular weight is 417 g/mol. The van der Waals surface area contributed by atoms with E-state index in [1.807, 2.05) is 19.9 Å². The van der Waals surface area contributed by atoms with Crippen LogP contribution in [0.15, 0.2) is 46.6 Å². The van der Waals surface area contributed by atoms with E-state index in [-0.39, 0.29) is 28.6 Å². The summed E-state index contributed by atoms with van der Waals surface area (Å²) in [6, 6.07) is 7.86. The number of alkyl halides is 2. The number of nitrogens with two attached hydrogens (primary N) is 1. The summed E-state index contributed by atoms with van der Waals surface area (Å²) in [5.41, 5.74) is 7.42. The number of hydrogen-bond acceptors (Lipinski definition) is 7. The van der Waals surface area contributed by atoms with Crippen LogP contribution in [-0.2, 0) is 4.79 Å². The average Bonchev–Trinajstić information content (AvgIpc) is 3.17. The molecule has 1 atom stereocenters. The van der Waals surface area contributed by atoms with Gasteiger partial charge in [0.15, 0.2) is 18.0 Å². The number of nitrogens with one attached hydrogen (secondary N) is 1. The summed E-state index contributed by atoms with van der Waals surface area (Å²) in [7, 11) is 0. The van der Waals surface area contributed by atoms with Crippen molar-refractivity contribution in [1.82, 2.24) is 4.98 Å². The van der Waals surface area contributed by atoms with E-state index in [1.165, 1.54) is 18.2 Å². The Morgan fingerprint density at radius 3 is 2.70 bits per heavy atom. The number of carbonyl (C=O) groups excluding carboxylic acids is 1. The van der Waals surface area contributed by atoms with Gasteiger partial charge in [-0.25, -0.2) is 0 Å². The zero-order chi connectivity index (χ0) is 21.5. The van der Waals surface area contributed by atoms with Gasteiger partial charge in [0.05, 0.1) is 5.56 Å². The van der Waals surface area contributed by atoms with Crippen LogP contribution in [0, 0.1) is 6.92 Å². The third-order valence-electron chi connectivity index (χ3n) is 4.65. The third-order valence-corrected chi connectivity index (χ3v) is 4.65. The van der Waals surface area contributed by atoms with Crippen molar-refractivity contribution in [2.75, 3.05) is 18.4 Å². The largest absolute Gasteiger partial charge is 0.586 e. The molecule has 0 aliphatic carbocycles. The van der Waals surface area contributed by atoms with Crippen LogP contribution in [0.2, 0.25) is 0 Å². The highest BCUT2D eigenvalue weighted by Gasteiger charge is 2.44. The number of aliphatic imine (C=N–C) groups is 1. The molecule has 11 heteroatoms. The summed E-state index contributed by atoms with van der Waals surface area (Å²) < 4.78 is 35.2. The van der Waals surface area contributed by atoms with Crippen molar-refractivity contribution in [1.29, 1.82) is 0 Å². The number of hydrogen-bond donors (Lipinski definition) is 2. The topological polar surface area (TPSA) is 111 Å². The molecule has 0 fully saturated rings. The Morgan fingerprint density at radius 2 is 2.00 bits per heavy atom.